The number of rotatable bonds is 8. The number of benzene rings is 1. The number of nitriles is 1. The van der Waals surface area contributed by atoms with Crippen LogP contribution in [0.3, 0.4) is 0 Å². The first-order valence-electron chi connectivity index (χ1n) is 7.21. The molecule has 2 atom stereocenters. The molecule has 0 aromatic heterocycles. The Morgan fingerprint density at radius 3 is 2.48 bits per heavy atom. The van der Waals surface area contributed by atoms with Gasteiger partial charge < -0.3 is 10.4 Å². The number of sulfonamides is 1. The lowest BCUT2D eigenvalue weighted by Crippen LogP contribution is -2.34. The fourth-order valence-electron chi connectivity index (χ4n) is 2.08. The van der Waals surface area contributed by atoms with Crippen LogP contribution in [0.2, 0.25) is 0 Å². The molecule has 0 bridgehead atoms. The summed E-state index contributed by atoms with van der Waals surface area (Å²) in [4.78, 5) is 0.0369. The zero-order chi connectivity index (χ0) is 17.6. The summed E-state index contributed by atoms with van der Waals surface area (Å²) in [7, 11) is -3.74. The van der Waals surface area contributed by atoms with E-state index in [0.717, 1.165) is 0 Å². The summed E-state index contributed by atoms with van der Waals surface area (Å²) >= 11 is 1.50. The largest absolute Gasteiger partial charge is 0.395 e. The van der Waals surface area contributed by atoms with Crippen molar-refractivity contribution in [3.8, 4) is 6.07 Å². The summed E-state index contributed by atoms with van der Waals surface area (Å²) in [6.45, 7) is 5.33. The molecular formula is C15H23N3O3S2. The Bertz CT molecular complexity index is 665. The van der Waals surface area contributed by atoms with Crippen molar-refractivity contribution in [2.45, 2.75) is 43.0 Å². The van der Waals surface area contributed by atoms with Crippen molar-refractivity contribution in [1.82, 2.24) is 4.72 Å². The predicted octanol–water partition coefficient (Wildman–Crippen LogP) is 1.77. The Labute approximate surface area is 142 Å². The molecule has 1 aromatic carbocycles. The fraction of sp³-hybridized carbons (Fsp3) is 0.533. The highest BCUT2D eigenvalue weighted by molar-refractivity contribution is 7.99. The molecule has 0 radical (unpaired) electrons. The van der Waals surface area contributed by atoms with E-state index in [2.05, 4.69) is 10.0 Å². The molecule has 0 spiro atoms. The lowest BCUT2D eigenvalue weighted by molar-refractivity contribution is 0.288. The number of aliphatic hydroxyl groups is 1. The van der Waals surface area contributed by atoms with E-state index in [1.807, 2.05) is 19.2 Å². The van der Waals surface area contributed by atoms with E-state index in [-0.39, 0.29) is 34.4 Å². The third kappa shape index (κ3) is 5.39. The Morgan fingerprint density at radius 2 is 2.00 bits per heavy atom. The maximum Gasteiger partial charge on any atom is 0.242 e. The van der Waals surface area contributed by atoms with Crippen molar-refractivity contribution >= 4 is 27.5 Å². The molecule has 8 heteroatoms. The van der Waals surface area contributed by atoms with Gasteiger partial charge in [-0.1, -0.05) is 0 Å². The number of hydrogen-bond acceptors (Lipinski definition) is 6. The van der Waals surface area contributed by atoms with Gasteiger partial charge in [-0.3, -0.25) is 0 Å². The first-order valence-corrected chi connectivity index (χ1v) is 9.99. The molecule has 3 N–H and O–H groups in total. The van der Waals surface area contributed by atoms with E-state index < -0.39 is 10.0 Å². The minimum atomic E-state index is -3.74. The van der Waals surface area contributed by atoms with E-state index in [1.54, 1.807) is 26.0 Å². The van der Waals surface area contributed by atoms with Crippen molar-refractivity contribution < 1.29 is 13.5 Å². The van der Waals surface area contributed by atoms with Crippen LogP contribution < -0.4 is 10.0 Å². The minimum absolute atomic E-state index is 0.0159. The Morgan fingerprint density at radius 1 is 1.35 bits per heavy atom. The molecule has 0 aliphatic rings. The maximum absolute atomic E-state index is 12.5. The number of aliphatic hydroxyl groups excluding tert-OH is 1. The maximum atomic E-state index is 12.5. The third-order valence-corrected chi connectivity index (χ3v) is 6.08. The van der Waals surface area contributed by atoms with Gasteiger partial charge in [-0.25, -0.2) is 13.1 Å². The highest BCUT2D eigenvalue weighted by Gasteiger charge is 2.23. The second-order valence-electron chi connectivity index (χ2n) is 5.49. The Kier molecular flexibility index (Phi) is 7.35. The molecule has 0 aliphatic heterocycles. The van der Waals surface area contributed by atoms with Gasteiger partial charge in [-0.15, -0.1) is 0 Å². The highest BCUT2D eigenvalue weighted by atomic mass is 32.2. The van der Waals surface area contributed by atoms with Gasteiger partial charge >= 0.3 is 0 Å². The van der Waals surface area contributed by atoms with Gasteiger partial charge in [0.15, 0.2) is 0 Å². The second kappa shape index (κ2) is 8.55. The molecule has 0 aliphatic carbocycles. The molecule has 1 aromatic rings. The summed E-state index contributed by atoms with van der Waals surface area (Å²) in [5, 5.41) is 21.5. The van der Waals surface area contributed by atoms with E-state index in [9.17, 15) is 13.5 Å². The van der Waals surface area contributed by atoms with E-state index in [0.29, 0.717) is 5.69 Å². The highest BCUT2D eigenvalue weighted by Crippen LogP contribution is 2.25. The molecular weight excluding hydrogens is 334 g/mol. The van der Waals surface area contributed by atoms with Gasteiger partial charge in [0.2, 0.25) is 10.0 Å². The van der Waals surface area contributed by atoms with Crippen LogP contribution in [-0.2, 0) is 10.0 Å². The van der Waals surface area contributed by atoms with Crippen LogP contribution in [0.15, 0.2) is 23.1 Å². The quantitative estimate of drug-likeness (QED) is 0.655. The summed E-state index contributed by atoms with van der Waals surface area (Å²) in [5.41, 5.74) is 0.688. The summed E-state index contributed by atoms with van der Waals surface area (Å²) < 4.78 is 27.5. The van der Waals surface area contributed by atoms with Crippen molar-refractivity contribution in [3.63, 3.8) is 0 Å². The average molecular weight is 358 g/mol. The zero-order valence-corrected chi connectivity index (χ0v) is 15.3. The first kappa shape index (κ1) is 19.8. The molecule has 0 saturated carbocycles. The van der Waals surface area contributed by atoms with Crippen molar-refractivity contribution in [2.24, 2.45) is 0 Å². The van der Waals surface area contributed by atoms with Crippen molar-refractivity contribution in [3.05, 3.63) is 23.8 Å². The second-order valence-corrected chi connectivity index (χ2v) is 8.25. The number of thioether (sulfide) groups is 1. The predicted molar refractivity (Wildman–Crippen MR) is 94.1 cm³/mol. The zero-order valence-electron chi connectivity index (χ0n) is 13.7. The standard InChI is InChI=1S/C15H23N3O3S2/c1-10(2)18-23(20,21)15-7-12(8-16)5-6-13(15)17-11(3)14(9-19)22-4/h5-7,10-11,14,17-19H,9H2,1-4H3/t11-,14+/m0/s1. The van der Waals surface area contributed by atoms with Crippen LogP contribution in [0.25, 0.3) is 0 Å². The fourth-order valence-corrected chi connectivity index (χ4v) is 4.15. The topological polar surface area (TPSA) is 102 Å². The minimum Gasteiger partial charge on any atom is -0.395 e. The molecule has 6 nitrogen and oxygen atoms in total. The third-order valence-electron chi connectivity index (χ3n) is 3.21. The molecule has 0 saturated heterocycles. The van der Waals surface area contributed by atoms with Crippen molar-refractivity contribution in [2.75, 3.05) is 18.2 Å². The van der Waals surface area contributed by atoms with Crippen LogP contribution in [0.1, 0.15) is 26.3 Å². The van der Waals surface area contributed by atoms with Gasteiger partial charge in [-0.2, -0.15) is 17.0 Å². The van der Waals surface area contributed by atoms with Gasteiger partial charge in [0.25, 0.3) is 0 Å². The summed E-state index contributed by atoms with van der Waals surface area (Å²) in [6, 6.07) is 6.06. The van der Waals surface area contributed by atoms with E-state index in [1.165, 1.54) is 17.8 Å². The summed E-state index contributed by atoms with van der Waals surface area (Å²) in [5.74, 6) is 0. The average Bonchev–Trinajstić information content (AvgIpc) is 2.47. The normalized spacial score (nSPS) is 14.3. The van der Waals surface area contributed by atoms with E-state index in [4.69, 9.17) is 5.26 Å². The number of hydrogen-bond donors (Lipinski definition) is 3. The van der Waals surface area contributed by atoms with Crippen LogP contribution in [-0.4, -0.2) is 43.7 Å². The van der Waals surface area contributed by atoms with Gasteiger partial charge in [0.1, 0.15) is 4.90 Å². The van der Waals surface area contributed by atoms with Crippen LogP contribution in [0.4, 0.5) is 5.69 Å². The van der Waals surface area contributed by atoms with E-state index >= 15 is 0 Å². The lowest BCUT2D eigenvalue weighted by Gasteiger charge is -2.24. The van der Waals surface area contributed by atoms with Gasteiger partial charge in [0, 0.05) is 17.3 Å². The monoisotopic (exact) mass is 357 g/mol. The summed E-state index contributed by atoms with van der Waals surface area (Å²) in [6.07, 6.45) is 1.88. The van der Waals surface area contributed by atoms with Gasteiger partial charge in [-0.05, 0) is 45.2 Å². The van der Waals surface area contributed by atoms with Crippen molar-refractivity contribution in [1.29, 1.82) is 5.26 Å². The lowest BCUT2D eigenvalue weighted by atomic mass is 10.2. The molecule has 0 heterocycles. The molecule has 0 amide bonds. The molecule has 128 valence electrons. The molecule has 1 rings (SSSR count). The molecule has 0 unspecified atom stereocenters. The smallest absolute Gasteiger partial charge is 0.242 e. The Balaban J connectivity index is 3.25. The van der Waals surface area contributed by atoms with Crippen LogP contribution in [0, 0.1) is 11.3 Å². The first-order chi connectivity index (χ1) is 10.7. The molecule has 0 fully saturated rings. The number of anilines is 1. The number of nitrogens with zero attached hydrogens (tertiary/aromatic N) is 1. The molecule has 23 heavy (non-hydrogen) atoms. The number of nitrogens with one attached hydrogen (secondary N) is 2. The van der Waals surface area contributed by atoms with Crippen LogP contribution in [0.5, 0.6) is 0 Å². The van der Waals surface area contributed by atoms with Crippen LogP contribution >= 0.6 is 11.8 Å². The Hall–Kier alpha value is -1.27. The van der Waals surface area contributed by atoms with Gasteiger partial charge in [0.05, 0.1) is 23.9 Å². The SMILES string of the molecule is CS[C@H](CO)[C@H](C)Nc1ccc(C#N)cc1S(=O)(=O)NC(C)C.